The topological polar surface area (TPSA) is 38.3 Å². The molecule has 1 N–H and O–H groups in total. The van der Waals surface area contributed by atoms with Gasteiger partial charge in [-0.05, 0) is 18.9 Å². The number of nitrogens with one attached hydrogen (secondary N) is 1. The molecule has 3 nitrogen and oxygen atoms in total. The first-order valence-electron chi connectivity index (χ1n) is 6.18. The van der Waals surface area contributed by atoms with Crippen LogP contribution in [0, 0.1) is 0 Å². The molecule has 94 valence electrons. The monoisotopic (exact) mass is 235 g/mol. The maximum Gasteiger partial charge on any atom is 0.319 e. The number of esters is 1. The van der Waals surface area contributed by atoms with Crippen LogP contribution in [0.1, 0.15) is 38.3 Å². The first kappa shape index (κ1) is 13.7. The van der Waals surface area contributed by atoms with Crippen LogP contribution in [0.4, 0.5) is 0 Å². The van der Waals surface area contributed by atoms with Crippen LogP contribution >= 0.6 is 0 Å². The van der Waals surface area contributed by atoms with E-state index in [2.05, 4.69) is 12.2 Å². The average molecular weight is 235 g/mol. The lowest BCUT2D eigenvalue weighted by Gasteiger charge is -2.13. The zero-order chi connectivity index (χ0) is 12.5. The van der Waals surface area contributed by atoms with Crippen LogP contribution < -0.4 is 5.32 Å². The molecule has 0 amide bonds. The maximum atomic E-state index is 11.4. The number of ether oxygens (including phenoxy) is 1. The standard InChI is InChI=1S/C14H21NO2/c1-3-4-10-17-14(16)11-15-12(2)13-8-6-5-7-9-13/h5-9,12,15H,3-4,10-11H2,1-2H3. The third kappa shape index (κ3) is 5.50. The Balaban J connectivity index is 2.24. The molecule has 0 fully saturated rings. The van der Waals surface area contributed by atoms with E-state index in [0.717, 1.165) is 12.8 Å². The zero-order valence-corrected chi connectivity index (χ0v) is 10.6. The predicted molar refractivity (Wildman–Crippen MR) is 68.7 cm³/mol. The van der Waals surface area contributed by atoms with Gasteiger partial charge in [-0.25, -0.2) is 0 Å². The summed E-state index contributed by atoms with van der Waals surface area (Å²) in [7, 11) is 0. The Morgan fingerprint density at radius 1 is 1.35 bits per heavy atom. The van der Waals surface area contributed by atoms with Crippen molar-refractivity contribution < 1.29 is 9.53 Å². The molecule has 0 spiro atoms. The molecule has 1 atom stereocenters. The molecule has 1 aromatic rings. The highest BCUT2D eigenvalue weighted by atomic mass is 16.5. The second kappa shape index (κ2) is 7.85. The number of rotatable bonds is 7. The summed E-state index contributed by atoms with van der Waals surface area (Å²) in [6.45, 7) is 4.90. The summed E-state index contributed by atoms with van der Waals surface area (Å²) < 4.78 is 5.07. The number of benzene rings is 1. The molecule has 0 aromatic heterocycles. The van der Waals surface area contributed by atoms with Crippen LogP contribution in [0.5, 0.6) is 0 Å². The highest BCUT2D eigenvalue weighted by molar-refractivity contribution is 5.71. The van der Waals surface area contributed by atoms with E-state index in [1.54, 1.807) is 0 Å². The smallest absolute Gasteiger partial charge is 0.319 e. The fraction of sp³-hybridized carbons (Fsp3) is 0.500. The van der Waals surface area contributed by atoms with Gasteiger partial charge in [0.05, 0.1) is 13.2 Å². The van der Waals surface area contributed by atoms with Crippen molar-refractivity contribution in [1.82, 2.24) is 5.32 Å². The molecule has 0 bridgehead atoms. The van der Waals surface area contributed by atoms with Gasteiger partial charge in [0.1, 0.15) is 0 Å². The van der Waals surface area contributed by atoms with Gasteiger partial charge in [0.2, 0.25) is 0 Å². The summed E-state index contributed by atoms with van der Waals surface area (Å²) in [6, 6.07) is 10.2. The molecule has 17 heavy (non-hydrogen) atoms. The van der Waals surface area contributed by atoms with Crippen molar-refractivity contribution in [3.63, 3.8) is 0 Å². The Kier molecular flexibility index (Phi) is 6.33. The molecular weight excluding hydrogens is 214 g/mol. The highest BCUT2D eigenvalue weighted by Gasteiger charge is 2.07. The summed E-state index contributed by atoms with van der Waals surface area (Å²) >= 11 is 0. The van der Waals surface area contributed by atoms with E-state index in [4.69, 9.17) is 4.74 Å². The van der Waals surface area contributed by atoms with E-state index in [0.29, 0.717) is 6.61 Å². The van der Waals surface area contributed by atoms with Gasteiger partial charge < -0.3 is 10.1 Å². The van der Waals surface area contributed by atoms with E-state index in [-0.39, 0.29) is 18.6 Å². The number of hydrogen-bond donors (Lipinski definition) is 1. The van der Waals surface area contributed by atoms with Crippen LogP contribution in [0.2, 0.25) is 0 Å². The molecule has 3 heteroatoms. The van der Waals surface area contributed by atoms with E-state index >= 15 is 0 Å². The Hall–Kier alpha value is -1.35. The lowest BCUT2D eigenvalue weighted by molar-refractivity contribution is -0.142. The van der Waals surface area contributed by atoms with Gasteiger partial charge in [-0.3, -0.25) is 4.79 Å². The fourth-order valence-electron chi connectivity index (χ4n) is 1.48. The summed E-state index contributed by atoms with van der Waals surface area (Å²) in [4.78, 5) is 11.4. The molecule has 0 heterocycles. The quantitative estimate of drug-likeness (QED) is 0.583. The molecule has 0 aliphatic heterocycles. The van der Waals surface area contributed by atoms with Gasteiger partial charge >= 0.3 is 5.97 Å². The molecule has 1 unspecified atom stereocenters. The Morgan fingerprint density at radius 2 is 2.06 bits per heavy atom. The summed E-state index contributed by atoms with van der Waals surface area (Å²) in [6.07, 6.45) is 1.97. The van der Waals surface area contributed by atoms with E-state index in [9.17, 15) is 4.79 Å². The van der Waals surface area contributed by atoms with Crippen molar-refractivity contribution in [3.8, 4) is 0 Å². The number of hydrogen-bond acceptors (Lipinski definition) is 3. The van der Waals surface area contributed by atoms with Gasteiger partial charge in [0.25, 0.3) is 0 Å². The lowest BCUT2D eigenvalue weighted by Crippen LogP contribution is -2.27. The molecule has 1 rings (SSSR count). The van der Waals surface area contributed by atoms with E-state index in [1.807, 2.05) is 37.3 Å². The van der Waals surface area contributed by atoms with E-state index < -0.39 is 0 Å². The predicted octanol–water partition coefficient (Wildman–Crippen LogP) is 2.68. The SMILES string of the molecule is CCCCOC(=O)CNC(C)c1ccccc1. The Morgan fingerprint density at radius 3 is 2.71 bits per heavy atom. The van der Waals surface area contributed by atoms with Gasteiger partial charge in [0.15, 0.2) is 0 Å². The first-order chi connectivity index (χ1) is 8.24. The van der Waals surface area contributed by atoms with Crippen LogP contribution in [-0.4, -0.2) is 19.1 Å². The number of carbonyl (C=O) groups is 1. The van der Waals surface area contributed by atoms with Crippen LogP contribution in [-0.2, 0) is 9.53 Å². The molecule has 0 aliphatic carbocycles. The number of carbonyl (C=O) groups excluding carboxylic acids is 1. The minimum absolute atomic E-state index is 0.162. The van der Waals surface area contributed by atoms with Gasteiger partial charge in [0, 0.05) is 6.04 Å². The van der Waals surface area contributed by atoms with Crippen molar-refractivity contribution in [2.24, 2.45) is 0 Å². The summed E-state index contributed by atoms with van der Waals surface area (Å²) in [5.41, 5.74) is 1.17. The van der Waals surface area contributed by atoms with Crippen LogP contribution in [0.3, 0.4) is 0 Å². The van der Waals surface area contributed by atoms with Gasteiger partial charge in [-0.15, -0.1) is 0 Å². The van der Waals surface area contributed by atoms with Crippen molar-refractivity contribution in [2.45, 2.75) is 32.7 Å². The maximum absolute atomic E-state index is 11.4. The lowest BCUT2D eigenvalue weighted by atomic mass is 10.1. The Labute approximate surface area is 103 Å². The van der Waals surface area contributed by atoms with Crippen LogP contribution in [0.15, 0.2) is 30.3 Å². The largest absolute Gasteiger partial charge is 0.465 e. The minimum Gasteiger partial charge on any atom is -0.465 e. The molecule has 1 aromatic carbocycles. The zero-order valence-electron chi connectivity index (χ0n) is 10.6. The van der Waals surface area contributed by atoms with Crippen molar-refractivity contribution >= 4 is 5.97 Å². The third-order valence-corrected chi connectivity index (χ3v) is 2.61. The van der Waals surface area contributed by atoms with Crippen molar-refractivity contribution in [1.29, 1.82) is 0 Å². The molecule has 0 radical (unpaired) electrons. The van der Waals surface area contributed by atoms with Crippen molar-refractivity contribution in [2.75, 3.05) is 13.2 Å². The Bertz CT molecular complexity index is 324. The van der Waals surface area contributed by atoms with Gasteiger partial charge in [-0.2, -0.15) is 0 Å². The second-order valence-electron chi connectivity index (χ2n) is 4.09. The normalized spacial score (nSPS) is 12.1. The molecule has 0 saturated carbocycles. The fourth-order valence-corrected chi connectivity index (χ4v) is 1.48. The van der Waals surface area contributed by atoms with Crippen LogP contribution in [0.25, 0.3) is 0 Å². The third-order valence-electron chi connectivity index (χ3n) is 2.61. The second-order valence-corrected chi connectivity index (χ2v) is 4.09. The summed E-state index contributed by atoms with van der Waals surface area (Å²) in [5, 5.41) is 3.15. The first-order valence-corrected chi connectivity index (χ1v) is 6.18. The minimum atomic E-state index is -0.179. The molecule has 0 aliphatic rings. The number of unbranched alkanes of at least 4 members (excludes halogenated alkanes) is 1. The molecular formula is C14H21NO2. The van der Waals surface area contributed by atoms with Crippen molar-refractivity contribution in [3.05, 3.63) is 35.9 Å². The van der Waals surface area contributed by atoms with Gasteiger partial charge in [-0.1, -0.05) is 43.7 Å². The highest BCUT2D eigenvalue weighted by Crippen LogP contribution is 2.10. The average Bonchev–Trinajstić information content (AvgIpc) is 2.37. The molecule has 0 saturated heterocycles. The van der Waals surface area contributed by atoms with E-state index in [1.165, 1.54) is 5.56 Å². The summed E-state index contributed by atoms with van der Waals surface area (Å²) in [5.74, 6) is -0.179.